The lowest BCUT2D eigenvalue weighted by atomic mass is 9.93. The van der Waals surface area contributed by atoms with Crippen LogP contribution in [0.4, 0.5) is 0 Å². The predicted molar refractivity (Wildman–Crippen MR) is 72.9 cm³/mol. The fraction of sp³-hybridized carbons (Fsp3) is 0.769. The van der Waals surface area contributed by atoms with Gasteiger partial charge in [-0.1, -0.05) is 19.8 Å². The van der Waals surface area contributed by atoms with Gasteiger partial charge in [0.15, 0.2) is 0 Å². The van der Waals surface area contributed by atoms with Gasteiger partial charge in [0, 0.05) is 6.54 Å². The number of nitrogens with one attached hydrogen (secondary N) is 1. The van der Waals surface area contributed by atoms with Crippen LogP contribution in [0.25, 0.3) is 0 Å². The molecule has 1 rings (SSSR count). The molecule has 3 atom stereocenters. The van der Waals surface area contributed by atoms with E-state index in [-0.39, 0.29) is 0 Å². The van der Waals surface area contributed by atoms with E-state index in [2.05, 4.69) is 0 Å². The summed E-state index contributed by atoms with van der Waals surface area (Å²) in [6.45, 7) is 2.30. The molecule has 21 heavy (non-hydrogen) atoms. The Labute approximate surface area is 123 Å². The number of carbonyl (C=O) groups is 3. The van der Waals surface area contributed by atoms with Crippen molar-refractivity contribution < 1.29 is 24.7 Å². The second-order valence-electron chi connectivity index (χ2n) is 5.26. The van der Waals surface area contributed by atoms with Crippen molar-refractivity contribution in [3.8, 4) is 0 Å². The number of hydroxylamine groups is 1. The molecular weight excluding hydrogens is 278 g/mol. The largest absolute Gasteiger partial charge is 0.382 e. The Bertz CT molecular complexity index is 401. The third kappa shape index (κ3) is 4.15. The number of nitrogens with two attached hydrogens (primary N) is 1. The van der Waals surface area contributed by atoms with Gasteiger partial charge in [-0.25, -0.2) is 5.48 Å². The number of hydrogen-bond acceptors (Lipinski definition) is 5. The predicted octanol–water partition coefficient (Wildman–Crippen LogP) is -0.865. The average molecular weight is 301 g/mol. The van der Waals surface area contributed by atoms with Crippen LogP contribution in [0.15, 0.2) is 0 Å². The van der Waals surface area contributed by atoms with Gasteiger partial charge in [0.1, 0.15) is 12.1 Å². The molecular formula is C13H23N3O5. The maximum absolute atomic E-state index is 12.5. The Morgan fingerprint density at radius 1 is 1.43 bits per heavy atom. The molecule has 0 aromatic rings. The van der Waals surface area contributed by atoms with Crippen LogP contribution >= 0.6 is 0 Å². The molecule has 1 saturated heterocycles. The second-order valence-corrected chi connectivity index (χ2v) is 5.26. The first-order chi connectivity index (χ1) is 9.93. The average Bonchev–Trinajstić information content (AvgIpc) is 2.95. The summed E-state index contributed by atoms with van der Waals surface area (Å²) < 4.78 is 0. The Hall–Kier alpha value is -1.67. The zero-order valence-electron chi connectivity index (χ0n) is 12.1. The molecule has 5 N–H and O–H groups in total. The quantitative estimate of drug-likeness (QED) is 0.358. The highest BCUT2D eigenvalue weighted by Gasteiger charge is 2.40. The molecule has 0 spiro atoms. The highest BCUT2D eigenvalue weighted by Crippen LogP contribution is 2.24. The van der Waals surface area contributed by atoms with E-state index in [1.807, 2.05) is 6.92 Å². The van der Waals surface area contributed by atoms with E-state index in [1.54, 1.807) is 0 Å². The molecule has 3 amide bonds. The fourth-order valence-electron chi connectivity index (χ4n) is 2.63. The molecule has 1 aliphatic heterocycles. The normalized spacial score (nSPS) is 20.9. The molecule has 1 heterocycles. The summed E-state index contributed by atoms with van der Waals surface area (Å²) in [5.41, 5.74) is 6.62. The van der Waals surface area contributed by atoms with Crippen molar-refractivity contribution in [2.45, 2.75) is 51.2 Å². The minimum atomic E-state index is -1.65. The Balaban J connectivity index is 2.88. The summed E-state index contributed by atoms with van der Waals surface area (Å²) >= 11 is 0. The molecule has 1 fully saturated rings. The van der Waals surface area contributed by atoms with Gasteiger partial charge in [-0.3, -0.25) is 19.6 Å². The maximum atomic E-state index is 12.5. The molecule has 8 nitrogen and oxygen atoms in total. The fourth-order valence-corrected chi connectivity index (χ4v) is 2.63. The maximum Gasteiger partial charge on any atom is 0.272 e. The monoisotopic (exact) mass is 301 g/mol. The zero-order valence-corrected chi connectivity index (χ0v) is 12.1. The first kappa shape index (κ1) is 17.4. The standard InChI is InChI=1S/C13H23N3O5/c1-2-3-5-8(10(17)12(19)15-21)13(20)16-7-4-6-9(16)11(14)18/h8-10,17,21H,2-7H2,1H3,(H2,14,18)(H,15,19). The van der Waals surface area contributed by atoms with E-state index in [0.29, 0.717) is 32.2 Å². The highest BCUT2D eigenvalue weighted by molar-refractivity contribution is 5.92. The van der Waals surface area contributed by atoms with E-state index in [4.69, 9.17) is 10.9 Å². The molecule has 0 aromatic carbocycles. The van der Waals surface area contributed by atoms with E-state index >= 15 is 0 Å². The van der Waals surface area contributed by atoms with Crippen LogP contribution in [0.5, 0.6) is 0 Å². The summed E-state index contributed by atoms with van der Waals surface area (Å²) in [6.07, 6.45) is 1.22. The number of carbonyl (C=O) groups excluding carboxylic acids is 3. The highest BCUT2D eigenvalue weighted by atomic mass is 16.5. The third-order valence-electron chi connectivity index (χ3n) is 3.81. The van der Waals surface area contributed by atoms with Crippen molar-refractivity contribution in [1.29, 1.82) is 0 Å². The summed E-state index contributed by atoms with van der Waals surface area (Å²) in [7, 11) is 0. The number of aliphatic hydroxyl groups excluding tert-OH is 1. The summed E-state index contributed by atoms with van der Waals surface area (Å²) in [5.74, 6) is -3.08. The number of nitrogens with zero attached hydrogens (tertiary/aromatic N) is 1. The van der Waals surface area contributed by atoms with Gasteiger partial charge < -0.3 is 15.7 Å². The first-order valence-electron chi connectivity index (χ1n) is 7.15. The van der Waals surface area contributed by atoms with Gasteiger partial charge >= 0.3 is 0 Å². The van der Waals surface area contributed by atoms with Crippen molar-refractivity contribution in [2.24, 2.45) is 11.7 Å². The Kier molecular flexibility index (Phi) is 6.57. The van der Waals surface area contributed by atoms with Crippen LogP contribution in [0.2, 0.25) is 0 Å². The van der Waals surface area contributed by atoms with Gasteiger partial charge in [-0.15, -0.1) is 0 Å². The van der Waals surface area contributed by atoms with Gasteiger partial charge in [0.25, 0.3) is 5.91 Å². The van der Waals surface area contributed by atoms with E-state index in [1.165, 1.54) is 10.4 Å². The molecule has 0 saturated carbocycles. The van der Waals surface area contributed by atoms with E-state index in [0.717, 1.165) is 6.42 Å². The molecule has 0 aliphatic carbocycles. The van der Waals surface area contributed by atoms with Crippen molar-refractivity contribution >= 4 is 17.7 Å². The molecule has 0 aromatic heterocycles. The lowest BCUT2D eigenvalue weighted by Crippen LogP contribution is -2.50. The van der Waals surface area contributed by atoms with Crippen LogP contribution < -0.4 is 11.2 Å². The number of amides is 3. The Morgan fingerprint density at radius 2 is 2.10 bits per heavy atom. The van der Waals surface area contributed by atoms with Crippen molar-refractivity contribution in [2.75, 3.05) is 6.54 Å². The van der Waals surface area contributed by atoms with Crippen LogP contribution in [0.1, 0.15) is 39.0 Å². The topological polar surface area (TPSA) is 133 Å². The van der Waals surface area contributed by atoms with Crippen molar-refractivity contribution in [1.82, 2.24) is 10.4 Å². The van der Waals surface area contributed by atoms with Crippen LogP contribution in [0.3, 0.4) is 0 Å². The summed E-state index contributed by atoms with van der Waals surface area (Å²) in [6, 6.07) is -0.689. The minimum Gasteiger partial charge on any atom is -0.382 e. The number of rotatable bonds is 7. The lowest BCUT2D eigenvalue weighted by molar-refractivity contribution is -0.152. The molecule has 3 unspecified atom stereocenters. The number of primary amides is 1. The van der Waals surface area contributed by atoms with Crippen molar-refractivity contribution in [3.63, 3.8) is 0 Å². The minimum absolute atomic E-state index is 0.298. The van der Waals surface area contributed by atoms with E-state index < -0.39 is 35.8 Å². The third-order valence-corrected chi connectivity index (χ3v) is 3.81. The van der Waals surface area contributed by atoms with E-state index in [9.17, 15) is 19.5 Å². The number of likely N-dealkylation sites (tertiary alicyclic amines) is 1. The SMILES string of the molecule is CCCCC(C(=O)N1CCCC1C(N)=O)C(O)C(=O)NO. The van der Waals surface area contributed by atoms with Gasteiger partial charge in [-0.05, 0) is 19.3 Å². The zero-order chi connectivity index (χ0) is 16.0. The summed E-state index contributed by atoms with van der Waals surface area (Å²) in [4.78, 5) is 36.6. The smallest absolute Gasteiger partial charge is 0.272 e. The second kappa shape index (κ2) is 7.94. The van der Waals surface area contributed by atoms with Crippen LogP contribution in [0, 0.1) is 5.92 Å². The van der Waals surface area contributed by atoms with Crippen LogP contribution in [-0.2, 0) is 14.4 Å². The van der Waals surface area contributed by atoms with Gasteiger partial charge in [0.05, 0.1) is 5.92 Å². The molecule has 1 aliphatic rings. The Morgan fingerprint density at radius 3 is 2.62 bits per heavy atom. The number of aliphatic hydroxyl groups is 1. The number of unbranched alkanes of at least 4 members (excludes halogenated alkanes) is 1. The first-order valence-corrected chi connectivity index (χ1v) is 7.15. The van der Waals surface area contributed by atoms with Crippen molar-refractivity contribution in [3.05, 3.63) is 0 Å². The van der Waals surface area contributed by atoms with Crippen LogP contribution in [-0.4, -0.2) is 51.6 Å². The molecule has 120 valence electrons. The molecule has 8 heteroatoms. The van der Waals surface area contributed by atoms with Gasteiger partial charge in [-0.2, -0.15) is 0 Å². The lowest BCUT2D eigenvalue weighted by Gasteiger charge is -2.29. The molecule has 0 bridgehead atoms. The van der Waals surface area contributed by atoms with Gasteiger partial charge in [0.2, 0.25) is 11.8 Å². The molecule has 0 radical (unpaired) electrons. The number of hydrogen-bond donors (Lipinski definition) is 4. The summed E-state index contributed by atoms with van der Waals surface area (Å²) in [5, 5.41) is 18.5.